The maximum atomic E-state index is 12.7. The zero-order chi connectivity index (χ0) is 19.8. The number of aryl methyl sites for hydroxylation is 2. The number of amides is 1. The molecule has 1 amide bonds. The van der Waals surface area contributed by atoms with E-state index >= 15 is 0 Å². The van der Waals surface area contributed by atoms with E-state index in [1.807, 2.05) is 41.0 Å². The number of piperidine rings is 1. The maximum absolute atomic E-state index is 12.7. The van der Waals surface area contributed by atoms with E-state index in [0.29, 0.717) is 24.9 Å². The number of rotatable bonds is 5. The molecule has 2 fully saturated rings. The molecule has 1 saturated heterocycles. The van der Waals surface area contributed by atoms with Gasteiger partial charge < -0.3 is 9.47 Å². The van der Waals surface area contributed by atoms with Crippen LogP contribution in [0.3, 0.4) is 0 Å². The van der Waals surface area contributed by atoms with Crippen molar-refractivity contribution in [3.05, 3.63) is 42.1 Å². The third kappa shape index (κ3) is 3.54. The number of hydrogen-bond acceptors (Lipinski definition) is 4. The van der Waals surface area contributed by atoms with E-state index in [4.69, 9.17) is 4.98 Å². The zero-order valence-corrected chi connectivity index (χ0v) is 17.0. The Bertz CT molecular complexity index is 1010. The second kappa shape index (κ2) is 7.61. The summed E-state index contributed by atoms with van der Waals surface area (Å²) < 4.78 is 4.25. The molecule has 1 saturated carbocycles. The highest BCUT2D eigenvalue weighted by Gasteiger charge is 2.31. The highest BCUT2D eigenvalue weighted by atomic mass is 16.2. The van der Waals surface area contributed by atoms with Gasteiger partial charge in [0.25, 0.3) is 0 Å². The van der Waals surface area contributed by atoms with Crippen molar-refractivity contribution in [3.63, 3.8) is 0 Å². The van der Waals surface area contributed by atoms with Crippen LogP contribution in [0, 0.1) is 6.92 Å². The third-order valence-corrected chi connectivity index (χ3v) is 6.46. The first-order valence-corrected chi connectivity index (χ1v) is 10.8. The van der Waals surface area contributed by atoms with Crippen LogP contribution in [-0.4, -0.2) is 48.2 Å². The Morgan fingerprint density at radius 1 is 1.17 bits per heavy atom. The minimum Gasteiger partial charge on any atom is -0.342 e. The van der Waals surface area contributed by atoms with Gasteiger partial charge in [0.05, 0.1) is 5.69 Å². The number of likely N-dealkylation sites (tertiary alicyclic amines) is 1. The van der Waals surface area contributed by atoms with E-state index in [1.165, 1.54) is 25.1 Å². The fourth-order valence-electron chi connectivity index (χ4n) is 4.59. The van der Waals surface area contributed by atoms with E-state index in [2.05, 4.69) is 20.7 Å². The molecule has 0 radical (unpaired) electrons. The minimum atomic E-state index is 0.226. The van der Waals surface area contributed by atoms with Gasteiger partial charge in [-0.3, -0.25) is 9.48 Å². The number of fused-ring (bicyclic) bond motifs is 1. The molecule has 1 aliphatic carbocycles. The quantitative estimate of drug-likeness (QED) is 0.667. The van der Waals surface area contributed by atoms with Crippen LogP contribution in [0.1, 0.15) is 62.0 Å². The SMILES string of the molecule is Cc1ccn(CCC(=O)N2CCC(n3c(C4CCC4)nc4cccnc43)CC2)n1. The first kappa shape index (κ1) is 18.3. The van der Waals surface area contributed by atoms with Gasteiger partial charge in [-0.25, -0.2) is 9.97 Å². The highest BCUT2D eigenvalue weighted by molar-refractivity contribution is 5.76. The van der Waals surface area contributed by atoms with E-state index in [9.17, 15) is 4.79 Å². The molecule has 0 spiro atoms. The van der Waals surface area contributed by atoms with Gasteiger partial charge in [0.15, 0.2) is 5.65 Å². The first-order chi connectivity index (χ1) is 14.2. The van der Waals surface area contributed by atoms with Crippen molar-refractivity contribution in [1.82, 2.24) is 29.2 Å². The Labute approximate surface area is 170 Å². The van der Waals surface area contributed by atoms with Crippen LogP contribution in [0.15, 0.2) is 30.6 Å². The summed E-state index contributed by atoms with van der Waals surface area (Å²) in [6, 6.07) is 6.38. The van der Waals surface area contributed by atoms with Crippen LogP contribution in [0.2, 0.25) is 0 Å². The van der Waals surface area contributed by atoms with E-state index in [-0.39, 0.29) is 5.91 Å². The van der Waals surface area contributed by atoms with Crippen molar-refractivity contribution in [1.29, 1.82) is 0 Å². The Morgan fingerprint density at radius 2 is 2.00 bits per heavy atom. The van der Waals surface area contributed by atoms with Gasteiger partial charge in [0, 0.05) is 50.4 Å². The summed E-state index contributed by atoms with van der Waals surface area (Å²) in [5.41, 5.74) is 3.00. The predicted molar refractivity (Wildman–Crippen MR) is 111 cm³/mol. The lowest BCUT2D eigenvalue weighted by Crippen LogP contribution is -2.39. The lowest BCUT2D eigenvalue weighted by atomic mass is 9.84. The number of aromatic nitrogens is 5. The summed E-state index contributed by atoms with van der Waals surface area (Å²) in [5, 5.41) is 4.37. The van der Waals surface area contributed by atoms with Crippen LogP contribution < -0.4 is 0 Å². The molecular weight excluding hydrogens is 364 g/mol. The van der Waals surface area contributed by atoms with E-state index in [1.54, 1.807) is 0 Å². The Hall–Kier alpha value is -2.70. The van der Waals surface area contributed by atoms with Crippen molar-refractivity contribution < 1.29 is 4.79 Å². The molecule has 2 aliphatic rings. The van der Waals surface area contributed by atoms with Gasteiger partial charge in [0.1, 0.15) is 11.3 Å². The molecule has 5 rings (SSSR count). The Morgan fingerprint density at radius 3 is 2.69 bits per heavy atom. The fraction of sp³-hybridized carbons (Fsp3) is 0.545. The predicted octanol–water partition coefficient (Wildman–Crippen LogP) is 3.46. The topological polar surface area (TPSA) is 68.8 Å². The van der Waals surface area contributed by atoms with Crippen molar-refractivity contribution in [2.45, 2.75) is 64.0 Å². The molecule has 4 heterocycles. The van der Waals surface area contributed by atoms with Crippen molar-refractivity contribution in [2.75, 3.05) is 13.1 Å². The van der Waals surface area contributed by atoms with E-state index in [0.717, 1.165) is 42.8 Å². The largest absolute Gasteiger partial charge is 0.342 e. The number of pyridine rings is 1. The van der Waals surface area contributed by atoms with Crippen LogP contribution in [0.4, 0.5) is 0 Å². The average Bonchev–Trinajstić information content (AvgIpc) is 3.28. The number of carbonyl (C=O) groups is 1. The van der Waals surface area contributed by atoms with Gasteiger partial charge in [-0.1, -0.05) is 6.42 Å². The molecule has 3 aromatic rings. The number of nitrogens with zero attached hydrogens (tertiary/aromatic N) is 6. The number of imidazole rings is 1. The summed E-state index contributed by atoms with van der Waals surface area (Å²) in [5.74, 6) is 2.01. The van der Waals surface area contributed by atoms with Crippen molar-refractivity contribution in [3.8, 4) is 0 Å². The van der Waals surface area contributed by atoms with Crippen molar-refractivity contribution in [2.24, 2.45) is 0 Å². The molecule has 3 aromatic heterocycles. The summed E-state index contributed by atoms with van der Waals surface area (Å²) in [6.07, 6.45) is 10.00. The Balaban J connectivity index is 1.26. The zero-order valence-electron chi connectivity index (χ0n) is 17.0. The summed E-state index contributed by atoms with van der Waals surface area (Å²) in [4.78, 5) is 24.3. The van der Waals surface area contributed by atoms with Crippen LogP contribution >= 0.6 is 0 Å². The third-order valence-electron chi connectivity index (χ3n) is 6.46. The van der Waals surface area contributed by atoms with Gasteiger partial charge in [-0.15, -0.1) is 0 Å². The van der Waals surface area contributed by atoms with Gasteiger partial charge in [0.2, 0.25) is 5.91 Å². The summed E-state index contributed by atoms with van der Waals surface area (Å²) >= 11 is 0. The maximum Gasteiger partial charge on any atom is 0.224 e. The van der Waals surface area contributed by atoms with E-state index < -0.39 is 0 Å². The highest BCUT2D eigenvalue weighted by Crippen LogP contribution is 2.39. The molecule has 7 heteroatoms. The Kier molecular flexibility index (Phi) is 4.81. The molecule has 0 atom stereocenters. The molecular formula is C22H28N6O. The average molecular weight is 393 g/mol. The van der Waals surface area contributed by atoms with Crippen LogP contribution in [-0.2, 0) is 11.3 Å². The fourth-order valence-corrected chi connectivity index (χ4v) is 4.59. The molecule has 152 valence electrons. The molecule has 0 aromatic carbocycles. The lowest BCUT2D eigenvalue weighted by molar-refractivity contribution is -0.132. The molecule has 1 aliphatic heterocycles. The molecule has 7 nitrogen and oxygen atoms in total. The van der Waals surface area contributed by atoms with Gasteiger partial charge in [-0.05, 0) is 50.8 Å². The standard InChI is InChI=1S/C22H28N6O/c1-16-7-14-27(25-16)15-10-20(29)26-12-8-18(9-13-26)28-21(17-4-2-5-17)24-19-6-3-11-23-22(19)28/h3,6-7,11,14,17-18H,2,4-5,8-10,12-13,15H2,1H3. The molecule has 0 N–H and O–H groups in total. The number of carbonyl (C=O) groups excluding carboxylic acids is 1. The minimum absolute atomic E-state index is 0.226. The van der Waals surface area contributed by atoms with Crippen LogP contribution in [0.5, 0.6) is 0 Å². The summed E-state index contributed by atoms with van der Waals surface area (Å²) in [7, 11) is 0. The molecule has 0 unspecified atom stereocenters. The second-order valence-electron chi connectivity index (χ2n) is 8.40. The second-order valence-corrected chi connectivity index (χ2v) is 8.40. The molecule has 0 bridgehead atoms. The number of hydrogen-bond donors (Lipinski definition) is 0. The van der Waals surface area contributed by atoms with Crippen molar-refractivity contribution >= 4 is 17.1 Å². The normalized spacial score (nSPS) is 18.3. The van der Waals surface area contributed by atoms with Crippen LogP contribution in [0.25, 0.3) is 11.2 Å². The summed E-state index contributed by atoms with van der Waals surface area (Å²) in [6.45, 7) is 4.22. The van der Waals surface area contributed by atoms with Gasteiger partial charge >= 0.3 is 0 Å². The smallest absolute Gasteiger partial charge is 0.224 e. The first-order valence-electron chi connectivity index (χ1n) is 10.8. The lowest BCUT2D eigenvalue weighted by Gasteiger charge is -2.35. The monoisotopic (exact) mass is 392 g/mol. The van der Waals surface area contributed by atoms with Gasteiger partial charge in [-0.2, -0.15) is 5.10 Å². The molecule has 29 heavy (non-hydrogen) atoms.